The molecule has 5 heteroatoms. The van der Waals surface area contributed by atoms with E-state index in [4.69, 9.17) is 10.00 Å². The van der Waals surface area contributed by atoms with Crippen LogP contribution in [0.25, 0.3) is 0 Å². The largest absolute Gasteiger partial charge is 0.475 e. The fraction of sp³-hybridized carbons (Fsp3) is 0.500. The van der Waals surface area contributed by atoms with E-state index in [1.807, 2.05) is 13.8 Å². The molecule has 1 aliphatic heterocycles. The number of ether oxygens (including phenoxy) is 1. The molecular formula is C18H22N2O3. The molecule has 0 radical (unpaired) electrons. The number of nitriles is 1. The van der Waals surface area contributed by atoms with Gasteiger partial charge in [-0.2, -0.15) is 5.26 Å². The molecule has 0 saturated heterocycles. The van der Waals surface area contributed by atoms with Gasteiger partial charge in [0.2, 0.25) is 0 Å². The van der Waals surface area contributed by atoms with Gasteiger partial charge in [-0.05, 0) is 44.4 Å². The van der Waals surface area contributed by atoms with E-state index in [1.54, 1.807) is 23.1 Å². The average Bonchev–Trinajstić information content (AvgIpc) is 2.56. The molecule has 0 N–H and O–H groups in total. The number of nitrogens with zero attached hydrogens (tertiary/aromatic N) is 2. The van der Waals surface area contributed by atoms with E-state index < -0.39 is 5.60 Å². The smallest absolute Gasteiger partial charge is 0.271 e. The molecule has 0 saturated carbocycles. The van der Waals surface area contributed by atoms with Crippen molar-refractivity contribution in [3.8, 4) is 11.8 Å². The number of carbonyl (C=O) groups is 2. The van der Waals surface area contributed by atoms with Gasteiger partial charge in [-0.1, -0.05) is 13.8 Å². The highest BCUT2D eigenvalue weighted by molar-refractivity contribution is 6.04. The average molecular weight is 314 g/mol. The second kappa shape index (κ2) is 6.82. The number of hydrogen-bond acceptors (Lipinski definition) is 4. The monoisotopic (exact) mass is 314 g/mol. The lowest BCUT2D eigenvalue weighted by Gasteiger charge is -2.42. The van der Waals surface area contributed by atoms with Crippen molar-refractivity contribution < 1.29 is 14.3 Å². The number of rotatable bonds is 6. The highest BCUT2D eigenvalue weighted by Gasteiger charge is 2.45. The Morgan fingerprint density at radius 2 is 2.04 bits per heavy atom. The maximum Gasteiger partial charge on any atom is 0.271 e. The first kappa shape index (κ1) is 17.0. The van der Waals surface area contributed by atoms with Crippen molar-refractivity contribution in [2.24, 2.45) is 0 Å². The number of carbonyl (C=O) groups excluding carboxylic acids is 2. The van der Waals surface area contributed by atoms with Crippen molar-refractivity contribution in [1.29, 1.82) is 5.26 Å². The predicted molar refractivity (Wildman–Crippen MR) is 87.6 cm³/mol. The molecule has 1 heterocycles. The lowest BCUT2D eigenvalue weighted by molar-refractivity contribution is -0.136. The summed E-state index contributed by atoms with van der Waals surface area (Å²) in [6.07, 6.45) is 2.13. The van der Waals surface area contributed by atoms with E-state index in [9.17, 15) is 9.59 Å². The number of amides is 1. The van der Waals surface area contributed by atoms with Gasteiger partial charge >= 0.3 is 0 Å². The Labute approximate surface area is 136 Å². The number of unbranched alkanes of at least 4 members (excludes halogenated alkanes) is 1. The molecule has 23 heavy (non-hydrogen) atoms. The molecule has 0 unspecified atom stereocenters. The van der Waals surface area contributed by atoms with E-state index in [-0.39, 0.29) is 11.7 Å². The van der Waals surface area contributed by atoms with Gasteiger partial charge in [-0.15, -0.1) is 0 Å². The maximum atomic E-state index is 13.0. The zero-order chi connectivity index (χ0) is 17.0. The minimum atomic E-state index is -0.864. The summed E-state index contributed by atoms with van der Waals surface area (Å²) in [5.74, 6) is 0.476. The predicted octanol–water partition coefficient (Wildman–Crippen LogP) is 3.48. The van der Waals surface area contributed by atoms with Gasteiger partial charge < -0.3 is 9.64 Å². The number of benzene rings is 1. The van der Waals surface area contributed by atoms with Crippen molar-refractivity contribution in [3.05, 3.63) is 23.8 Å². The topological polar surface area (TPSA) is 70.4 Å². The number of Topliss-reactive ketones (excluding diaryl/α,β-unsaturated/α-hetero) is 1. The van der Waals surface area contributed by atoms with Gasteiger partial charge in [0.15, 0.2) is 11.4 Å². The summed E-state index contributed by atoms with van der Waals surface area (Å²) in [6.45, 7) is 5.81. The molecule has 2 rings (SSSR count). The highest BCUT2D eigenvalue weighted by Crippen LogP contribution is 2.41. The SMILES string of the molecule is CCC1(CC)Oc2ccc(C(C)=O)cc2N(CCCC#N)C1=O. The third-order valence-electron chi connectivity index (χ3n) is 4.41. The van der Waals surface area contributed by atoms with Gasteiger partial charge in [0.1, 0.15) is 5.75 Å². The summed E-state index contributed by atoms with van der Waals surface area (Å²) >= 11 is 0. The molecule has 0 fully saturated rings. The normalized spacial score (nSPS) is 15.6. The standard InChI is InChI=1S/C18H22N2O3/c1-4-18(5-2)17(22)20(11-7-6-10-19)15-12-14(13(3)21)8-9-16(15)23-18/h8-9,12H,4-7,11H2,1-3H3. The Bertz CT molecular complexity index is 657. The quantitative estimate of drug-likeness (QED) is 0.595. The summed E-state index contributed by atoms with van der Waals surface area (Å²) in [4.78, 5) is 26.3. The maximum absolute atomic E-state index is 13.0. The van der Waals surface area contributed by atoms with Crippen LogP contribution in [0, 0.1) is 11.3 Å². The summed E-state index contributed by atoms with van der Waals surface area (Å²) in [6, 6.07) is 7.29. The van der Waals surface area contributed by atoms with Crippen molar-refractivity contribution in [3.63, 3.8) is 0 Å². The molecule has 5 nitrogen and oxygen atoms in total. The first-order chi connectivity index (χ1) is 11.0. The zero-order valence-corrected chi connectivity index (χ0v) is 13.9. The van der Waals surface area contributed by atoms with Crippen LogP contribution in [0.5, 0.6) is 5.75 Å². The third-order valence-corrected chi connectivity index (χ3v) is 4.41. The van der Waals surface area contributed by atoms with Crippen molar-refractivity contribution >= 4 is 17.4 Å². The second-order valence-corrected chi connectivity index (χ2v) is 5.76. The Morgan fingerprint density at radius 1 is 1.35 bits per heavy atom. The Kier molecular flexibility index (Phi) is 5.05. The first-order valence-corrected chi connectivity index (χ1v) is 8.02. The minimum Gasteiger partial charge on any atom is -0.475 e. The zero-order valence-electron chi connectivity index (χ0n) is 13.9. The Morgan fingerprint density at radius 3 is 2.61 bits per heavy atom. The van der Waals surface area contributed by atoms with Crippen molar-refractivity contribution in [2.45, 2.75) is 52.1 Å². The van der Waals surface area contributed by atoms with Crippen LogP contribution < -0.4 is 9.64 Å². The number of fused-ring (bicyclic) bond motifs is 1. The Balaban J connectivity index is 2.48. The van der Waals surface area contributed by atoms with Gasteiger partial charge in [-0.25, -0.2) is 0 Å². The van der Waals surface area contributed by atoms with E-state index in [0.29, 0.717) is 49.2 Å². The van der Waals surface area contributed by atoms with Crippen molar-refractivity contribution in [1.82, 2.24) is 0 Å². The van der Waals surface area contributed by atoms with Crippen LogP contribution in [0.15, 0.2) is 18.2 Å². The van der Waals surface area contributed by atoms with Crippen LogP contribution in [0.1, 0.15) is 56.8 Å². The van der Waals surface area contributed by atoms with Gasteiger partial charge in [0.25, 0.3) is 5.91 Å². The molecule has 0 aromatic heterocycles. The second-order valence-electron chi connectivity index (χ2n) is 5.76. The molecule has 1 aliphatic rings. The van der Waals surface area contributed by atoms with Crippen LogP contribution in [0.2, 0.25) is 0 Å². The highest BCUT2D eigenvalue weighted by atomic mass is 16.5. The van der Waals surface area contributed by atoms with Gasteiger partial charge in [0, 0.05) is 18.5 Å². The number of ketones is 1. The minimum absolute atomic E-state index is 0.0555. The van der Waals surface area contributed by atoms with Gasteiger partial charge in [0.05, 0.1) is 11.8 Å². The van der Waals surface area contributed by atoms with Crippen LogP contribution >= 0.6 is 0 Å². The summed E-state index contributed by atoms with van der Waals surface area (Å²) in [5.41, 5.74) is 0.307. The van der Waals surface area contributed by atoms with Crippen LogP contribution in [-0.4, -0.2) is 23.8 Å². The number of hydrogen-bond donors (Lipinski definition) is 0. The van der Waals surface area contributed by atoms with Crippen LogP contribution in [0.3, 0.4) is 0 Å². The molecule has 1 aromatic rings. The number of anilines is 1. The molecule has 0 aliphatic carbocycles. The van der Waals surface area contributed by atoms with Crippen LogP contribution in [-0.2, 0) is 4.79 Å². The van der Waals surface area contributed by atoms with Crippen LogP contribution in [0.4, 0.5) is 5.69 Å². The van der Waals surface area contributed by atoms with Crippen molar-refractivity contribution in [2.75, 3.05) is 11.4 Å². The third kappa shape index (κ3) is 3.07. The molecule has 1 aromatic carbocycles. The molecule has 1 amide bonds. The summed E-state index contributed by atoms with van der Waals surface area (Å²) in [5, 5.41) is 8.75. The molecule has 0 atom stereocenters. The lowest BCUT2D eigenvalue weighted by Crippen LogP contribution is -2.55. The van der Waals surface area contributed by atoms with Gasteiger partial charge in [-0.3, -0.25) is 9.59 Å². The fourth-order valence-corrected chi connectivity index (χ4v) is 2.88. The summed E-state index contributed by atoms with van der Waals surface area (Å²) < 4.78 is 6.03. The molecule has 0 bridgehead atoms. The van der Waals surface area contributed by atoms with E-state index in [1.165, 1.54) is 6.92 Å². The molecule has 122 valence electrons. The lowest BCUT2D eigenvalue weighted by atomic mass is 9.92. The van der Waals surface area contributed by atoms with E-state index in [2.05, 4.69) is 6.07 Å². The summed E-state index contributed by atoms with van der Waals surface area (Å²) in [7, 11) is 0. The van der Waals surface area contributed by atoms with E-state index >= 15 is 0 Å². The fourth-order valence-electron chi connectivity index (χ4n) is 2.88. The molecule has 0 spiro atoms. The van der Waals surface area contributed by atoms with E-state index in [0.717, 1.165) is 0 Å². The molecular weight excluding hydrogens is 292 g/mol. The Hall–Kier alpha value is -2.35. The first-order valence-electron chi connectivity index (χ1n) is 8.02.